The van der Waals surface area contributed by atoms with Crippen molar-refractivity contribution in [3.05, 3.63) is 17.0 Å². The summed E-state index contributed by atoms with van der Waals surface area (Å²) in [4.78, 5) is 19.4. The molecule has 1 heterocycles. The maximum atomic E-state index is 11.5. The lowest BCUT2D eigenvalue weighted by atomic mass is 10.2. The molecule has 0 aliphatic carbocycles. The van der Waals surface area contributed by atoms with Gasteiger partial charge in [-0.25, -0.2) is 9.97 Å². The van der Waals surface area contributed by atoms with Crippen LogP contribution in [0, 0.1) is 6.92 Å². The van der Waals surface area contributed by atoms with Crippen molar-refractivity contribution < 1.29 is 4.79 Å². The van der Waals surface area contributed by atoms with Gasteiger partial charge < -0.3 is 10.6 Å². The zero-order chi connectivity index (χ0) is 12.1. The van der Waals surface area contributed by atoms with E-state index in [1.54, 1.807) is 13.8 Å². The molecule has 0 radical (unpaired) electrons. The number of hydrogen-bond acceptors (Lipinski definition) is 4. The monoisotopic (exact) mass is 242 g/mol. The molecule has 1 amide bonds. The van der Waals surface area contributed by atoms with E-state index in [1.807, 2.05) is 6.92 Å². The number of halogens is 1. The van der Waals surface area contributed by atoms with Crippen LogP contribution in [0.4, 0.5) is 5.82 Å². The van der Waals surface area contributed by atoms with Gasteiger partial charge in [-0.1, -0.05) is 11.6 Å². The first-order chi connectivity index (χ1) is 7.56. The van der Waals surface area contributed by atoms with E-state index in [1.165, 1.54) is 6.33 Å². The van der Waals surface area contributed by atoms with Gasteiger partial charge in [-0.15, -0.1) is 0 Å². The third-order valence-electron chi connectivity index (χ3n) is 2.12. The van der Waals surface area contributed by atoms with Crippen molar-refractivity contribution in [2.24, 2.45) is 0 Å². The smallest absolute Gasteiger partial charge is 0.242 e. The second-order valence-corrected chi connectivity index (χ2v) is 3.76. The molecule has 0 aliphatic rings. The summed E-state index contributed by atoms with van der Waals surface area (Å²) in [5.74, 6) is 0.510. The number of anilines is 1. The zero-order valence-corrected chi connectivity index (χ0v) is 10.3. The molecule has 1 aromatic rings. The highest BCUT2D eigenvalue weighted by Gasteiger charge is 2.14. The summed E-state index contributed by atoms with van der Waals surface area (Å²) in [7, 11) is 0. The molecule has 0 bridgehead atoms. The van der Waals surface area contributed by atoms with Gasteiger partial charge in [0, 0.05) is 12.1 Å². The zero-order valence-electron chi connectivity index (χ0n) is 9.54. The van der Waals surface area contributed by atoms with E-state index in [9.17, 15) is 4.79 Å². The minimum absolute atomic E-state index is 0.0726. The van der Waals surface area contributed by atoms with E-state index in [-0.39, 0.29) is 11.9 Å². The van der Waals surface area contributed by atoms with E-state index in [4.69, 9.17) is 11.6 Å². The average molecular weight is 243 g/mol. The topological polar surface area (TPSA) is 66.9 Å². The van der Waals surface area contributed by atoms with Gasteiger partial charge in [0.1, 0.15) is 23.3 Å². The number of amides is 1. The average Bonchev–Trinajstić information content (AvgIpc) is 2.25. The van der Waals surface area contributed by atoms with Gasteiger partial charge in [-0.05, 0) is 20.8 Å². The van der Waals surface area contributed by atoms with Crippen molar-refractivity contribution in [1.29, 1.82) is 0 Å². The van der Waals surface area contributed by atoms with Crippen LogP contribution >= 0.6 is 11.6 Å². The third kappa shape index (κ3) is 3.06. The Kier molecular flexibility index (Phi) is 4.49. The number of likely N-dealkylation sites (N-methyl/N-ethyl adjacent to an activating group) is 1. The van der Waals surface area contributed by atoms with Crippen LogP contribution in [-0.2, 0) is 4.79 Å². The van der Waals surface area contributed by atoms with Gasteiger partial charge >= 0.3 is 0 Å². The second-order valence-electron chi connectivity index (χ2n) is 3.40. The molecule has 1 aromatic heterocycles. The predicted octanol–water partition coefficient (Wildman–Crippen LogP) is 1.37. The number of nitrogens with one attached hydrogen (secondary N) is 2. The highest BCUT2D eigenvalue weighted by atomic mass is 35.5. The van der Waals surface area contributed by atoms with Gasteiger partial charge in [-0.2, -0.15) is 0 Å². The summed E-state index contributed by atoms with van der Waals surface area (Å²) in [5, 5.41) is 6.10. The number of rotatable bonds is 4. The molecule has 0 aromatic carbocycles. The standard InChI is InChI=1S/C10H15ClN4O/c1-4-12-10(16)7(3)15-9-6(2)8(11)13-5-14-9/h5,7H,4H2,1-3H3,(H,12,16)(H,13,14,15). The number of nitrogens with zero attached hydrogens (tertiary/aromatic N) is 2. The molecule has 1 unspecified atom stereocenters. The Bertz CT molecular complexity index is 383. The fourth-order valence-corrected chi connectivity index (χ4v) is 1.31. The van der Waals surface area contributed by atoms with E-state index in [0.717, 1.165) is 5.56 Å². The highest BCUT2D eigenvalue weighted by Crippen LogP contribution is 2.18. The lowest BCUT2D eigenvalue weighted by Crippen LogP contribution is -2.37. The fourth-order valence-electron chi connectivity index (χ4n) is 1.17. The summed E-state index contributed by atoms with van der Waals surface area (Å²) in [6.07, 6.45) is 1.36. The molecule has 88 valence electrons. The molecule has 0 saturated heterocycles. The first-order valence-corrected chi connectivity index (χ1v) is 5.45. The number of carbonyl (C=O) groups excluding carboxylic acids is 1. The molecule has 2 N–H and O–H groups in total. The normalized spacial score (nSPS) is 12.0. The predicted molar refractivity (Wildman–Crippen MR) is 63.5 cm³/mol. The minimum Gasteiger partial charge on any atom is -0.358 e. The number of carbonyl (C=O) groups is 1. The lowest BCUT2D eigenvalue weighted by molar-refractivity contribution is -0.121. The second kappa shape index (κ2) is 5.65. The Labute approximate surface area is 99.6 Å². The van der Waals surface area contributed by atoms with E-state index < -0.39 is 0 Å². The molecule has 16 heavy (non-hydrogen) atoms. The van der Waals surface area contributed by atoms with Crippen molar-refractivity contribution in [1.82, 2.24) is 15.3 Å². The molecule has 1 rings (SSSR count). The largest absolute Gasteiger partial charge is 0.358 e. The molecule has 5 nitrogen and oxygen atoms in total. The molecule has 0 fully saturated rings. The van der Waals surface area contributed by atoms with Crippen LogP contribution in [0.25, 0.3) is 0 Å². The van der Waals surface area contributed by atoms with Crippen LogP contribution in [0.5, 0.6) is 0 Å². The van der Waals surface area contributed by atoms with Crippen molar-refractivity contribution >= 4 is 23.3 Å². The molecule has 6 heteroatoms. The summed E-state index contributed by atoms with van der Waals surface area (Å²) >= 11 is 5.85. The first kappa shape index (κ1) is 12.7. The van der Waals surface area contributed by atoms with Crippen molar-refractivity contribution in [3.63, 3.8) is 0 Å². The first-order valence-electron chi connectivity index (χ1n) is 5.07. The maximum Gasteiger partial charge on any atom is 0.242 e. The summed E-state index contributed by atoms with van der Waals surface area (Å²) in [6.45, 7) is 6.04. The van der Waals surface area contributed by atoms with Crippen molar-refractivity contribution in [2.45, 2.75) is 26.8 Å². The summed E-state index contributed by atoms with van der Waals surface area (Å²) in [6, 6.07) is -0.357. The van der Waals surface area contributed by atoms with Gasteiger partial charge in [0.05, 0.1) is 0 Å². The molecule has 0 spiro atoms. The van der Waals surface area contributed by atoms with E-state index in [2.05, 4.69) is 20.6 Å². The van der Waals surface area contributed by atoms with E-state index >= 15 is 0 Å². The summed E-state index contributed by atoms with van der Waals surface area (Å²) < 4.78 is 0. The Balaban J connectivity index is 2.73. The lowest BCUT2D eigenvalue weighted by Gasteiger charge is -2.15. The van der Waals surface area contributed by atoms with Crippen LogP contribution in [0.1, 0.15) is 19.4 Å². The molecule has 0 aliphatic heterocycles. The minimum atomic E-state index is -0.357. The van der Waals surface area contributed by atoms with Crippen molar-refractivity contribution in [2.75, 3.05) is 11.9 Å². The van der Waals surface area contributed by atoms with Crippen molar-refractivity contribution in [3.8, 4) is 0 Å². The van der Waals surface area contributed by atoms with Gasteiger partial charge in [-0.3, -0.25) is 4.79 Å². The SMILES string of the molecule is CCNC(=O)C(C)Nc1ncnc(Cl)c1C. The van der Waals surface area contributed by atoms with Crippen LogP contribution < -0.4 is 10.6 Å². The van der Waals surface area contributed by atoms with Crippen LogP contribution in [0.2, 0.25) is 5.15 Å². The molecule has 0 saturated carbocycles. The Morgan fingerprint density at radius 2 is 2.25 bits per heavy atom. The Morgan fingerprint density at radius 3 is 2.88 bits per heavy atom. The maximum absolute atomic E-state index is 11.5. The Hall–Kier alpha value is -1.36. The van der Waals surface area contributed by atoms with Crippen LogP contribution in [0.3, 0.4) is 0 Å². The Morgan fingerprint density at radius 1 is 1.56 bits per heavy atom. The number of hydrogen-bond donors (Lipinski definition) is 2. The molecule has 1 atom stereocenters. The third-order valence-corrected chi connectivity index (χ3v) is 2.50. The molecular weight excluding hydrogens is 228 g/mol. The number of aromatic nitrogens is 2. The van der Waals surface area contributed by atoms with Gasteiger partial charge in [0.15, 0.2) is 0 Å². The van der Waals surface area contributed by atoms with Gasteiger partial charge in [0.2, 0.25) is 5.91 Å². The van der Waals surface area contributed by atoms with Crippen LogP contribution in [-0.4, -0.2) is 28.5 Å². The highest BCUT2D eigenvalue weighted by molar-refractivity contribution is 6.30. The quantitative estimate of drug-likeness (QED) is 0.783. The van der Waals surface area contributed by atoms with Gasteiger partial charge in [0.25, 0.3) is 0 Å². The summed E-state index contributed by atoms with van der Waals surface area (Å²) in [5.41, 5.74) is 0.736. The molecular formula is C10H15ClN4O. The fraction of sp³-hybridized carbons (Fsp3) is 0.500. The van der Waals surface area contributed by atoms with E-state index in [0.29, 0.717) is 17.5 Å². The van der Waals surface area contributed by atoms with Crippen LogP contribution in [0.15, 0.2) is 6.33 Å².